The molecule has 0 aliphatic rings. The third-order valence-electron chi connectivity index (χ3n) is 3.96. The van der Waals surface area contributed by atoms with Gasteiger partial charge in [0.2, 0.25) is 0 Å². The van der Waals surface area contributed by atoms with E-state index >= 15 is 0 Å². The molecule has 0 N–H and O–H groups in total. The first-order valence-electron chi connectivity index (χ1n) is 7.99. The third-order valence-corrected chi connectivity index (χ3v) is 5.42. The second-order valence-corrected chi connectivity index (χ2v) is 7.22. The van der Waals surface area contributed by atoms with Gasteiger partial charge in [0.1, 0.15) is 0 Å². The molecule has 0 unspecified atom stereocenters. The van der Waals surface area contributed by atoms with Gasteiger partial charge in [0.05, 0.1) is 12.0 Å². The van der Waals surface area contributed by atoms with Crippen molar-refractivity contribution in [2.45, 2.75) is 45.4 Å². The van der Waals surface area contributed by atoms with Crippen molar-refractivity contribution in [2.75, 3.05) is 0 Å². The van der Waals surface area contributed by atoms with Crippen LogP contribution in [0.5, 0.6) is 0 Å². The monoisotopic (exact) mass is 332 g/mol. The van der Waals surface area contributed by atoms with Crippen molar-refractivity contribution in [2.24, 2.45) is 0 Å². The molecule has 3 aromatic rings. The molecule has 0 bridgehead atoms. The van der Waals surface area contributed by atoms with Gasteiger partial charge in [-0.15, -0.1) is 11.3 Å². The normalized spacial score (nSPS) is 11.4. The zero-order chi connectivity index (χ0) is 15.4. The average molecular weight is 333 g/mol. The largest absolute Gasteiger partial charge is 0.305 e. The molecule has 2 heterocycles. The maximum atomic E-state index is 6.20. The summed E-state index contributed by atoms with van der Waals surface area (Å²) in [5.74, 6) is 0. The number of benzene rings is 1. The van der Waals surface area contributed by atoms with Gasteiger partial charge in [-0.3, -0.25) is 0 Å². The van der Waals surface area contributed by atoms with Crippen LogP contribution in [0.4, 0.5) is 0 Å². The van der Waals surface area contributed by atoms with Crippen LogP contribution in [-0.2, 0) is 6.42 Å². The number of imidazole rings is 1. The number of halogens is 1. The van der Waals surface area contributed by atoms with Crippen LogP contribution in [-0.4, -0.2) is 9.55 Å². The number of unbranched alkanes of at least 4 members (excludes halogenated alkanes) is 4. The average Bonchev–Trinajstić information content (AvgIpc) is 3.13. The van der Waals surface area contributed by atoms with Crippen molar-refractivity contribution in [1.82, 2.24) is 9.55 Å². The Kier molecular flexibility index (Phi) is 5.16. The lowest BCUT2D eigenvalue weighted by molar-refractivity contribution is 0.634. The molecule has 0 radical (unpaired) electrons. The summed E-state index contributed by atoms with van der Waals surface area (Å²) < 4.78 is 3.42. The molecular formula is C18H21ClN2S. The van der Waals surface area contributed by atoms with Gasteiger partial charge in [0.15, 0.2) is 0 Å². The first-order valence-corrected chi connectivity index (χ1v) is 9.18. The van der Waals surface area contributed by atoms with Crippen molar-refractivity contribution in [3.05, 3.63) is 46.8 Å². The van der Waals surface area contributed by atoms with E-state index in [0.717, 1.165) is 11.4 Å². The Labute approximate surface area is 140 Å². The molecule has 1 aromatic carbocycles. The van der Waals surface area contributed by atoms with E-state index in [-0.39, 0.29) is 0 Å². The van der Waals surface area contributed by atoms with Gasteiger partial charge in [-0.05, 0) is 31.0 Å². The second-order valence-electron chi connectivity index (χ2n) is 5.65. The molecule has 22 heavy (non-hydrogen) atoms. The molecule has 3 rings (SSSR count). The summed E-state index contributed by atoms with van der Waals surface area (Å²) in [5.41, 5.74) is 1.26. The summed E-state index contributed by atoms with van der Waals surface area (Å²) in [6.45, 7) is 2.26. The van der Waals surface area contributed by atoms with Crippen LogP contribution in [0.2, 0.25) is 5.02 Å². The highest BCUT2D eigenvalue weighted by atomic mass is 35.5. The van der Waals surface area contributed by atoms with Gasteiger partial charge in [-0.25, -0.2) is 4.98 Å². The van der Waals surface area contributed by atoms with E-state index in [0.29, 0.717) is 0 Å². The van der Waals surface area contributed by atoms with Crippen molar-refractivity contribution < 1.29 is 0 Å². The highest BCUT2D eigenvalue weighted by Gasteiger charge is 2.14. The van der Waals surface area contributed by atoms with Crippen LogP contribution in [0.25, 0.3) is 15.8 Å². The fourth-order valence-electron chi connectivity index (χ4n) is 2.84. The van der Waals surface area contributed by atoms with Gasteiger partial charge in [0.25, 0.3) is 0 Å². The van der Waals surface area contributed by atoms with Crippen LogP contribution < -0.4 is 0 Å². The van der Waals surface area contributed by atoms with Gasteiger partial charge in [0, 0.05) is 32.4 Å². The molecule has 0 amide bonds. The van der Waals surface area contributed by atoms with Crippen LogP contribution in [0.1, 0.15) is 43.9 Å². The number of fused-ring (bicyclic) bond motifs is 1. The number of aromatic nitrogens is 2. The number of hydrogen-bond acceptors (Lipinski definition) is 2. The van der Waals surface area contributed by atoms with E-state index in [1.807, 2.05) is 36.1 Å². The van der Waals surface area contributed by atoms with E-state index in [9.17, 15) is 0 Å². The molecule has 0 saturated carbocycles. The van der Waals surface area contributed by atoms with E-state index in [4.69, 9.17) is 11.6 Å². The molecule has 0 spiro atoms. The number of thiophene rings is 1. The number of aryl methyl sites for hydroxylation is 1. The van der Waals surface area contributed by atoms with Gasteiger partial charge in [-0.1, -0.05) is 44.2 Å². The minimum Gasteiger partial charge on any atom is -0.305 e. The third kappa shape index (κ3) is 3.36. The highest BCUT2D eigenvalue weighted by molar-refractivity contribution is 7.19. The van der Waals surface area contributed by atoms with Gasteiger partial charge in [-0.2, -0.15) is 0 Å². The first-order chi connectivity index (χ1) is 10.8. The minimum atomic E-state index is 0.793. The van der Waals surface area contributed by atoms with E-state index in [1.165, 1.54) is 52.8 Å². The summed E-state index contributed by atoms with van der Waals surface area (Å²) >= 11 is 8.09. The SMILES string of the molecule is CCCCCCCc1sc2ccc(Cl)cc2c1-n1ccnc1. The van der Waals surface area contributed by atoms with Crippen LogP contribution in [0.3, 0.4) is 0 Å². The molecule has 116 valence electrons. The Morgan fingerprint density at radius 2 is 2.05 bits per heavy atom. The summed E-state index contributed by atoms with van der Waals surface area (Å²) in [4.78, 5) is 5.64. The fourth-order valence-corrected chi connectivity index (χ4v) is 4.24. The maximum absolute atomic E-state index is 6.20. The number of rotatable bonds is 7. The van der Waals surface area contributed by atoms with Gasteiger partial charge >= 0.3 is 0 Å². The summed E-state index contributed by atoms with van der Waals surface area (Å²) in [5, 5.41) is 2.03. The van der Waals surface area contributed by atoms with Crippen molar-refractivity contribution >= 4 is 33.0 Å². The summed E-state index contributed by atoms with van der Waals surface area (Å²) in [6, 6.07) is 6.18. The maximum Gasteiger partial charge on any atom is 0.0992 e. The van der Waals surface area contributed by atoms with Gasteiger partial charge < -0.3 is 4.57 Å². The van der Waals surface area contributed by atoms with E-state index in [2.05, 4.69) is 28.6 Å². The molecule has 0 aliphatic carbocycles. The van der Waals surface area contributed by atoms with Crippen molar-refractivity contribution in [1.29, 1.82) is 0 Å². The molecule has 0 fully saturated rings. The summed E-state index contributed by atoms with van der Waals surface area (Å²) in [6.07, 6.45) is 13.4. The second kappa shape index (κ2) is 7.30. The zero-order valence-corrected chi connectivity index (χ0v) is 14.5. The Morgan fingerprint density at radius 1 is 1.18 bits per heavy atom. The fraction of sp³-hybridized carbons (Fsp3) is 0.389. The molecule has 0 aliphatic heterocycles. The lowest BCUT2D eigenvalue weighted by Gasteiger charge is -2.06. The van der Waals surface area contributed by atoms with E-state index < -0.39 is 0 Å². The molecule has 0 saturated heterocycles. The van der Waals surface area contributed by atoms with Crippen LogP contribution in [0, 0.1) is 0 Å². The Balaban J connectivity index is 1.90. The van der Waals surface area contributed by atoms with Crippen LogP contribution in [0.15, 0.2) is 36.9 Å². The predicted octanol–water partition coefficient (Wildman–Crippen LogP) is 6.25. The first kappa shape index (κ1) is 15.6. The van der Waals surface area contributed by atoms with Crippen molar-refractivity contribution in [3.8, 4) is 5.69 Å². The number of nitrogens with zero attached hydrogens (tertiary/aromatic N) is 2. The predicted molar refractivity (Wildman–Crippen MR) is 96.4 cm³/mol. The lowest BCUT2D eigenvalue weighted by atomic mass is 10.1. The molecular weight excluding hydrogens is 312 g/mol. The standard InChI is InChI=1S/C18H21ClN2S/c1-2-3-4-5-6-7-17-18(21-11-10-20-13-21)15-12-14(19)8-9-16(15)22-17/h8-13H,2-7H2,1H3. The summed E-state index contributed by atoms with van der Waals surface area (Å²) in [7, 11) is 0. The van der Waals surface area contributed by atoms with Crippen molar-refractivity contribution in [3.63, 3.8) is 0 Å². The smallest absolute Gasteiger partial charge is 0.0992 e. The Morgan fingerprint density at radius 3 is 2.82 bits per heavy atom. The molecule has 2 aromatic heterocycles. The van der Waals surface area contributed by atoms with E-state index in [1.54, 1.807) is 0 Å². The topological polar surface area (TPSA) is 17.8 Å². The lowest BCUT2D eigenvalue weighted by Crippen LogP contribution is -1.94. The minimum absolute atomic E-state index is 0.793. The quantitative estimate of drug-likeness (QED) is 0.467. The van der Waals surface area contributed by atoms with Crippen LogP contribution >= 0.6 is 22.9 Å². The zero-order valence-electron chi connectivity index (χ0n) is 12.9. The Hall–Kier alpha value is -1.32. The number of hydrogen-bond donors (Lipinski definition) is 0. The molecule has 2 nitrogen and oxygen atoms in total. The Bertz CT molecular complexity index is 731. The molecule has 0 atom stereocenters. The highest BCUT2D eigenvalue weighted by Crippen LogP contribution is 2.36. The molecule has 4 heteroatoms.